The van der Waals surface area contributed by atoms with Crippen molar-refractivity contribution in [1.82, 2.24) is 0 Å². The second-order valence-electron chi connectivity index (χ2n) is 4.11. The van der Waals surface area contributed by atoms with Gasteiger partial charge < -0.3 is 15.8 Å². The van der Waals surface area contributed by atoms with Gasteiger partial charge in [-0.3, -0.25) is 0 Å². The van der Waals surface area contributed by atoms with Crippen LogP contribution in [0.25, 0.3) is 0 Å². The minimum Gasteiger partial charge on any atom is -0.490 e. The molecule has 0 spiro atoms. The van der Waals surface area contributed by atoms with Crippen molar-refractivity contribution in [2.75, 3.05) is 24.2 Å². The summed E-state index contributed by atoms with van der Waals surface area (Å²) in [5, 5.41) is 12.2. The number of halogens is 1. The number of ether oxygens (including phenoxy) is 1. The van der Waals surface area contributed by atoms with Gasteiger partial charge in [0.25, 0.3) is 0 Å². The lowest BCUT2D eigenvalue weighted by atomic mass is 10.2. The smallest absolute Gasteiger partial charge is 0.142 e. The molecule has 0 amide bonds. The molecule has 0 unspecified atom stereocenters. The molecule has 2 aromatic carbocycles. The second kappa shape index (κ2) is 6.83. The van der Waals surface area contributed by atoms with Crippen molar-refractivity contribution < 1.29 is 4.74 Å². The molecule has 5 heteroatoms. The normalized spacial score (nSPS) is 9.80. The van der Waals surface area contributed by atoms with Crippen LogP contribution in [0.15, 0.2) is 46.9 Å². The molecule has 2 rings (SSSR count). The molecule has 0 aromatic heterocycles. The number of anilines is 2. The van der Waals surface area contributed by atoms with Gasteiger partial charge in [-0.15, -0.1) is 0 Å². The summed E-state index contributed by atoms with van der Waals surface area (Å²) in [6.07, 6.45) is 0. The van der Waals surface area contributed by atoms with E-state index in [1.165, 1.54) is 0 Å². The van der Waals surface area contributed by atoms with E-state index in [4.69, 9.17) is 15.7 Å². The molecule has 0 atom stereocenters. The zero-order valence-corrected chi connectivity index (χ0v) is 12.4. The van der Waals surface area contributed by atoms with Gasteiger partial charge in [0, 0.05) is 11.0 Å². The number of rotatable bonds is 5. The van der Waals surface area contributed by atoms with Crippen molar-refractivity contribution in [3.63, 3.8) is 0 Å². The zero-order chi connectivity index (χ0) is 14.4. The largest absolute Gasteiger partial charge is 0.490 e. The highest BCUT2D eigenvalue weighted by atomic mass is 79.9. The second-order valence-corrected chi connectivity index (χ2v) is 5.03. The van der Waals surface area contributed by atoms with Crippen LogP contribution in [-0.2, 0) is 0 Å². The molecule has 2 aromatic rings. The molecule has 0 radical (unpaired) electrons. The van der Waals surface area contributed by atoms with Gasteiger partial charge in [-0.25, -0.2) is 0 Å². The summed E-state index contributed by atoms with van der Waals surface area (Å²) in [7, 11) is 0. The average molecular weight is 332 g/mol. The van der Waals surface area contributed by atoms with Crippen molar-refractivity contribution in [2.45, 2.75) is 0 Å². The molecule has 0 aliphatic rings. The fourth-order valence-corrected chi connectivity index (χ4v) is 2.08. The number of nitrogens with two attached hydrogens (primary N) is 1. The maximum Gasteiger partial charge on any atom is 0.142 e. The highest BCUT2D eigenvalue weighted by molar-refractivity contribution is 9.10. The molecule has 0 saturated carbocycles. The third kappa shape index (κ3) is 3.65. The van der Waals surface area contributed by atoms with Gasteiger partial charge >= 0.3 is 0 Å². The monoisotopic (exact) mass is 331 g/mol. The Labute approximate surface area is 126 Å². The standard InChI is InChI=1S/C15H14BrN3O/c16-12-6-5-11(10-17)14(9-12)19-7-8-20-15-4-2-1-3-13(15)18/h1-6,9,19H,7-8,18H2. The minimum atomic E-state index is 0.464. The van der Waals surface area contributed by atoms with E-state index in [0.29, 0.717) is 30.2 Å². The summed E-state index contributed by atoms with van der Waals surface area (Å²) >= 11 is 3.38. The number of nitrogens with one attached hydrogen (secondary N) is 1. The fourth-order valence-electron chi connectivity index (χ4n) is 1.72. The van der Waals surface area contributed by atoms with E-state index < -0.39 is 0 Å². The molecule has 102 valence electrons. The van der Waals surface area contributed by atoms with Crippen LogP contribution in [0.2, 0.25) is 0 Å². The van der Waals surface area contributed by atoms with Crippen LogP contribution in [0.4, 0.5) is 11.4 Å². The quantitative estimate of drug-likeness (QED) is 0.650. The molecule has 0 aliphatic heterocycles. The Morgan fingerprint density at radius 1 is 1.25 bits per heavy atom. The molecule has 20 heavy (non-hydrogen) atoms. The molecule has 4 nitrogen and oxygen atoms in total. The van der Waals surface area contributed by atoms with E-state index in [1.54, 1.807) is 12.1 Å². The van der Waals surface area contributed by atoms with Crippen LogP contribution in [0.5, 0.6) is 5.75 Å². The van der Waals surface area contributed by atoms with E-state index in [9.17, 15) is 0 Å². The van der Waals surface area contributed by atoms with Crippen molar-refractivity contribution >= 4 is 27.3 Å². The van der Waals surface area contributed by atoms with E-state index in [2.05, 4.69) is 27.3 Å². The van der Waals surface area contributed by atoms with Crippen LogP contribution in [0.1, 0.15) is 5.56 Å². The third-order valence-electron chi connectivity index (χ3n) is 2.70. The van der Waals surface area contributed by atoms with Gasteiger partial charge in [-0.05, 0) is 30.3 Å². The topological polar surface area (TPSA) is 71.1 Å². The van der Waals surface area contributed by atoms with Crippen molar-refractivity contribution in [3.8, 4) is 11.8 Å². The van der Waals surface area contributed by atoms with Crippen LogP contribution in [0.3, 0.4) is 0 Å². The Morgan fingerprint density at radius 3 is 2.80 bits per heavy atom. The highest BCUT2D eigenvalue weighted by Crippen LogP contribution is 2.21. The van der Waals surface area contributed by atoms with Gasteiger partial charge in [0.2, 0.25) is 0 Å². The van der Waals surface area contributed by atoms with E-state index in [0.717, 1.165) is 10.2 Å². The zero-order valence-electron chi connectivity index (χ0n) is 10.8. The van der Waals surface area contributed by atoms with Crippen LogP contribution in [-0.4, -0.2) is 13.2 Å². The molecule has 0 aliphatic carbocycles. The number of hydrogen-bond donors (Lipinski definition) is 2. The maximum atomic E-state index is 9.03. The Bertz CT molecular complexity index is 637. The first-order valence-corrected chi connectivity index (χ1v) is 6.91. The SMILES string of the molecule is N#Cc1ccc(Br)cc1NCCOc1ccccc1N. The van der Waals surface area contributed by atoms with Crippen LogP contribution < -0.4 is 15.8 Å². The molecule has 0 heterocycles. The molecule has 0 saturated heterocycles. The number of para-hydroxylation sites is 2. The summed E-state index contributed by atoms with van der Waals surface area (Å²) in [6, 6.07) is 15.0. The number of hydrogen-bond acceptors (Lipinski definition) is 4. The van der Waals surface area contributed by atoms with Crippen molar-refractivity contribution in [1.29, 1.82) is 5.26 Å². The lowest BCUT2D eigenvalue weighted by Crippen LogP contribution is -2.12. The number of nitrogens with zero attached hydrogens (tertiary/aromatic N) is 1. The summed E-state index contributed by atoms with van der Waals surface area (Å²) in [6.45, 7) is 1.05. The minimum absolute atomic E-state index is 0.464. The maximum absolute atomic E-state index is 9.03. The molecular weight excluding hydrogens is 318 g/mol. The molecule has 0 fully saturated rings. The molecule has 3 N–H and O–H groups in total. The van der Waals surface area contributed by atoms with Gasteiger partial charge in [0.15, 0.2) is 0 Å². The number of benzene rings is 2. The highest BCUT2D eigenvalue weighted by Gasteiger charge is 2.03. The van der Waals surface area contributed by atoms with Crippen molar-refractivity contribution in [2.24, 2.45) is 0 Å². The lowest BCUT2D eigenvalue weighted by molar-refractivity contribution is 0.334. The van der Waals surface area contributed by atoms with Gasteiger partial charge in [-0.1, -0.05) is 28.1 Å². The summed E-state index contributed by atoms with van der Waals surface area (Å²) in [5.41, 5.74) is 7.79. The Kier molecular flexibility index (Phi) is 4.85. The first-order valence-electron chi connectivity index (χ1n) is 6.11. The predicted molar refractivity (Wildman–Crippen MR) is 83.7 cm³/mol. The lowest BCUT2D eigenvalue weighted by Gasteiger charge is -2.11. The van der Waals surface area contributed by atoms with E-state index >= 15 is 0 Å². The Morgan fingerprint density at radius 2 is 2.05 bits per heavy atom. The Balaban J connectivity index is 1.89. The van der Waals surface area contributed by atoms with Gasteiger partial charge in [0.05, 0.1) is 16.9 Å². The van der Waals surface area contributed by atoms with Gasteiger partial charge in [0.1, 0.15) is 18.4 Å². The Hall–Kier alpha value is -2.19. The number of nitrogen functional groups attached to an aromatic ring is 1. The third-order valence-corrected chi connectivity index (χ3v) is 3.19. The van der Waals surface area contributed by atoms with Gasteiger partial charge in [-0.2, -0.15) is 5.26 Å². The van der Waals surface area contributed by atoms with E-state index in [-0.39, 0.29) is 0 Å². The summed E-state index contributed by atoms with van der Waals surface area (Å²) in [4.78, 5) is 0. The van der Waals surface area contributed by atoms with Crippen LogP contribution in [0, 0.1) is 11.3 Å². The number of nitriles is 1. The molecule has 0 bridgehead atoms. The fraction of sp³-hybridized carbons (Fsp3) is 0.133. The predicted octanol–water partition coefficient (Wildman–Crippen LogP) is 3.39. The van der Waals surface area contributed by atoms with Crippen molar-refractivity contribution in [3.05, 3.63) is 52.5 Å². The summed E-state index contributed by atoms with van der Waals surface area (Å²) < 4.78 is 6.50. The summed E-state index contributed by atoms with van der Waals surface area (Å²) in [5.74, 6) is 0.670. The first kappa shape index (κ1) is 14.2. The average Bonchev–Trinajstić information content (AvgIpc) is 2.45. The van der Waals surface area contributed by atoms with Crippen LogP contribution >= 0.6 is 15.9 Å². The molecular formula is C15H14BrN3O. The van der Waals surface area contributed by atoms with E-state index in [1.807, 2.05) is 30.3 Å². The first-order chi connectivity index (χ1) is 9.70.